The van der Waals surface area contributed by atoms with Crippen molar-refractivity contribution in [1.82, 2.24) is 15.3 Å². The van der Waals surface area contributed by atoms with E-state index in [0.717, 1.165) is 38.3 Å². The van der Waals surface area contributed by atoms with Crippen LogP contribution in [0.3, 0.4) is 0 Å². The van der Waals surface area contributed by atoms with E-state index in [4.69, 9.17) is 4.84 Å². The minimum absolute atomic E-state index is 0.0410. The molecule has 2 saturated heterocycles. The summed E-state index contributed by atoms with van der Waals surface area (Å²) in [6.07, 6.45) is 3.58. The number of amides is 2. The molecule has 6 heteroatoms. The number of carbonyl (C=O) groups is 1. The normalized spacial score (nSPS) is 30.4. The molecule has 0 spiro atoms. The predicted molar refractivity (Wildman–Crippen MR) is 67.2 cm³/mol. The lowest BCUT2D eigenvalue weighted by Crippen LogP contribution is -2.48. The van der Waals surface area contributed by atoms with Gasteiger partial charge in [0.15, 0.2) is 0 Å². The number of nitrogens with one attached hydrogen (secondary N) is 1. The number of carbonyl (C=O) groups excluding carboxylic acids is 1. The molecule has 18 heavy (non-hydrogen) atoms. The molecule has 0 aromatic heterocycles. The number of amidine groups is 1. The van der Waals surface area contributed by atoms with E-state index in [2.05, 4.69) is 16.9 Å². The van der Waals surface area contributed by atoms with Gasteiger partial charge in [-0.2, -0.15) is 5.06 Å². The first-order chi connectivity index (χ1) is 8.81. The van der Waals surface area contributed by atoms with Crippen LogP contribution in [0.5, 0.6) is 0 Å². The Labute approximate surface area is 106 Å². The van der Waals surface area contributed by atoms with Crippen molar-refractivity contribution < 1.29 is 9.63 Å². The lowest BCUT2D eigenvalue weighted by Gasteiger charge is -2.30. The molecule has 2 atom stereocenters. The summed E-state index contributed by atoms with van der Waals surface area (Å²) in [6.45, 7) is 6.41. The largest absolute Gasteiger partial charge is 0.370 e. The van der Waals surface area contributed by atoms with Crippen LogP contribution in [-0.4, -0.2) is 60.2 Å². The number of rotatable bonds is 4. The number of hydrogen-bond acceptors (Lipinski definition) is 4. The summed E-state index contributed by atoms with van der Waals surface area (Å²) in [6, 6.07) is 0.241. The van der Waals surface area contributed by atoms with Gasteiger partial charge in [0.25, 0.3) is 0 Å². The molecule has 98 valence electrons. The second-order valence-corrected chi connectivity index (χ2v) is 4.79. The Bertz CT molecular complexity index is 396. The molecular weight excluding hydrogens is 232 g/mol. The molecule has 6 nitrogen and oxygen atoms in total. The highest BCUT2D eigenvalue weighted by atomic mass is 16.7. The quantitative estimate of drug-likeness (QED) is 0.734. The van der Waals surface area contributed by atoms with Crippen LogP contribution in [0.1, 0.15) is 12.8 Å². The molecule has 1 unspecified atom stereocenters. The van der Waals surface area contributed by atoms with Crippen molar-refractivity contribution in [3.8, 4) is 0 Å². The second-order valence-electron chi connectivity index (χ2n) is 4.79. The fourth-order valence-corrected chi connectivity index (χ4v) is 2.85. The summed E-state index contributed by atoms with van der Waals surface area (Å²) >= 11 is 0. The van der Waals surface area contributed by atoms with Crippen molar-refractivity contribution in [2.45, 2.75) is 24.9 Å². The second kappa shape index (κ2) is 4.61. The summed E-state index contributed by atoms with van der Waals surface area (Å²) in [4.78, 5) is 24.0. The highest BCUT2D eigenvalue weighted by Crippen LogP contribution is 2.30. The lowest BCUT2D eigenvalue weighted by molar-refractivity contribution is -0.118. The SMILES string of the molecule is C=CCON1C(=O)N2CC1CC[C@H]2C1=NCCN1. The van der Waals surface area contributed by atoms with Crippen LogP contribution in [0.25, 0.3) is 0 Å². The van der Waals surface area contributed by atoms with Crippen molar-refractivity contribution >= 4 is 11.9 Å². The zero-order valence-electron chi connectivity index (χ0n) is 10.3. The standard InChI is InChI=1S/C12H18N4O2/c1-2-7-18-16-9-3-4-10(11-13-5-6-14-11)15(8-9)12(16)17/h2,9-10H,1,3-8H2,(H,13,14)/t9?,10-/m0/s1. The Morgan fingerprint density at radius 2 is 2.44 bits per heavy atom. The van der Waals surface area contributed by atoms with Crippen molar-refractivity contribution in [1.29, 1.82) is 0 Å². The van der Waals surface area contributed by atoms with Crippen molar-refractivity contribution in [2.75, 3.05) is 26.2 Å². The number of nitrogens with zero attached hydrogens (tertiary/aromatic N) is 3. The molecule has 3 rings (SSSR count). The Balaban J connectivity index is 1.73. The molecule has 0 radical (unpaired) electrons. The van der Waals surface area contributed by atoms with Gasteiger partial charge in [-0.05, 0) is 12.8 Å². The first-order valence-electron chi connectivity index (χ1n) is 6.43. The molecule has 2 amide bonds. The zero-order valence-corrected chi connectivity index (χ0v) is 10.3. The molecule has 0 aromatic rings. The van der Waals surface area contributed by atoms with Crippen molar-refractivity contribution in [2.24, 2.45) is 4.99 Å². The Morgan fingerprint density at radius 3 is 3.17 bits per heavy atom. The van der Waals surface area contributed by atoms with Gasteiger partial charge in [-0.15, -0.1) is 6.58 Å². The van der Waals surface area contributed by atoms with E-state index in [-0.39, 0.29) is 18.1 Å². The van der Waals surface area contributed by atoms with Gasteiger partial charge in [-0.3, -0.25) is 9.83 Å². The van der Waals surface area contributed by atoms with E-state index in [9.17, 15) is 4.79 Å². The van der Waals surface area contributed by atoms with Crippen molar-refractivity contribution in [3.63, 3.8) is 0 Å². The number of hydroxylamine groups is 2. The average molecular weight is 250 g/mol. The third kappa shape index (κ3) is 1.77. The van der Waals surface area contributed by atoms with Crippen LogP contribution in [0.15, 0.2) is 17.6 Å². The minimum Gasteiger partial charge on any atom is -0.370 e. The van der Waals surface area contributed by atoms with Crippen molar-refractivity contribution in [3.05, 3.63) is 12.7 Å². The predicted octanol–water partition coefficient (Wildman–Crippen LogP) is 0.374. The summed E-state index contributed by atoms with van der Waals surface area (Å²) in [5.74, 6) is 0.965. The van der Waals surface area contributed by atoms with Crippen LogP contribution in [-0.2, 0) is 4.84 Å². The number of hydrogen-bond donors (Lipinski definition) is 1. The maximum absolute atomic E-state index is 12.3. The van der Waals surface area contributed by atoms with E-state index in [1.807, 2.05) is 4.90 Å². The van der Waals surface area contributed by atoms with Crippen LogP contribution in [0.4, 0.5) is 4.79 Å². The Hall–Kier alpha value is -1.56. The fourth-order valence-electron chi connectivity index (χ4n) is 2.85. The number of urea groups is 1. The smallest absolute Gasteiger partial charge is 0.344 e. The van der Waals surface area contributed by atoms with E-state index in [0.29, 0.717) is 6.61 Å². The van der Waals surface area contributed by atoms with E-state index < -0.39 is 0 Å². The molecule has 3 aliphatic rings. The van der Waals surface area contributed by atoms with Gasteiger partial charge in [0.2, 0.25) is 0 Å². The molecule has 0 saturated carbocycles. The van der Waals surface area contributed by atoms with Gasteiger partial charge in [-0.1, -0.05) is 6.08 Å². The van der Waals surface area contributed by atoms with Gasteiger partial charge in [0.05, 0.1) is 25.2 Å². The summed E-state index contributed by atoms with van der Waals surface area (Å²) in [5.41, 5.74) is 0. The summed E-state index contributed by atoms with van der Waals surface area (Å²) in [5, 5.41) is 4.78. The fraction of sp³-hybridized carbons (Fsp3) is 0.667. The van der Waals surface area contributed by atoms with Gasteiger partial charge < -0.3 is 10.2 Å². The first-order valence-corrected chi connectivity index (χ1v) is 6.43. The third-order valence-electron chi connectivity index (χ3n) is 3.67. The number of fused-ring (bicyclic) bond motifs is 2. The highest BCUT2D eigenvalue weighted by molar-refractivity contribution is 5.93. The Kier molecular flexibility index (Phi) is 2.95. The maximum Gasteiger partial charge on any atom is 0.344 e. The Morgan fingerprint density at radius 1 is 1.56 bits per heavy atom. The highest BCUT2D eigenvalue weighted by Gasteiger charge is 2.47. The molecule has 2 fully saturated rings. The molecular formula is C12H18N4O2. The maximum atomic E-state index is 12.3. The molecule has 2 bridgehead atoms. The third-order valence-corrected chi connectivity index (χ3v) is 3.67. The number of piperidine rings is 1. The van der Waals surface area contributed by atoms with Crippen LogP contribution in [0, 0.1) is 0 Å². The average Bonchev–Trinajstić information content (AvgIpc) is 2.99. The van der Waals surface area contributed by atoms with Crippen LogP contribution >= 0.6 is 0 Å². The molecule has 0 aliphatic carbocycles. The van der Waals surface area contributed by atoms with Crippen LogP contribution in [0.2, 0.25) is 0 Å². The van der Waals surface area contributed by atoms with Gasteiger partial charge in [0.1, 0.15) is 5.84 Å². The summed E-state index contributed by atoms with van der Waals surface area (Å²) < 4.78 is 0. The van der Waals surface area contributed by atoms with Crippen LogP contribution < -0.4 is 5.32 Å². The molecule has 0 aromatic carbocycles. The van der Waals surface area contributed by atoms with E-state index >= 15 is 0 Å². The van der Waals surface area contributed by atoms with E-state index in [1.165, 1.54) is 5.06 Å². The lowest BCUT2D eigenvalue weighted by atomic mass is 10.00. The molecule has 1 N–H and O–H groups in total. The number of aliphatic imine (C=N–C) groups is 1. The first kappa shape index (κ1) is 11.5. The molecule has 3 aliphatic heterocycles. The van der Waals surface area contributed by atoms with Gasteiger partial charge in [-0.25, -0.2) is 4.79 Å². The topological polar surface area (TPSA) is 57.2 Å². The monoisotopic (exact) mass is 250 g/mol. The minimum atomic E-state index is -0.0410. The molecule has 3 heterocycles. The van der Waals surface area contributed by atoms with E-state index in [1.54, 1.807) is 6.08 Å². The van der Waals surface area contributed by atoms with Gasteiger partial charge in [0, 0.05) is 13.1 Å². The van der Waals surface area contributed by atoms with Gasteiger partial charge >= 0.3 is 6.03 Å². The summed E-state index contributed by atoms with van der Waals surface area (Å²) in [7, 11) is 0. The zero-order chi connectivity index (χ0) is 12.5.